The first kappa shape index (κ1) is 16.0. The number of anilines is 1. The fraction of sp³-hybridized carbons (Fsp3) is 0.333. The van der Waals surface area contributed by atoms with Gasteiger partial charge in [0, 0.05) is 11.4 Å². The van der Waals surface area contributed by atoms with Gasteiger partial charge >= 0.3 is 0 Å². The molecule has 0 radical (unpaired) electrons. The number of sulfonamides is 1. The van der Waals surface area contributed by atoms with Gasteiger partial charge in [-0.05, 0) is 49.7 Å². The second-order valence-electron chi connectivity index (χ2n) is 4.85. The minimum Gasteiger partial charge on any atom is -0.312 e. The topological polar surface area (TPSA) is 58.2 Å². The Labute approximate surface area is 130 Å². The average molecular weight is 324 g/mol. The number of rotatable bonds is 6. The number of hydrogen-bond acceptors (Lipinski definition) is 4. The van der Waals surface area contributed by atoms with Crippen molar-refractivity contribution in [2.24, 2.45) is 0 Å². The summed E-state index contributed by atoms with van der Waals surface area (Å²) in [6.07, 6.45) is 0. The summed E-state index contributed by atoms with van der Waals surface area (Å²) in [7, 11) is -3.52. The Hall–Kier alpha value is -1.37. The van der Waals surface area contributed by atoms with Crippen molar-refractivity contribution in [2.45, 2.75) is 31.5 Å². The molecule has 1 aromatic heterocycles. The maximum atomic E-state index is 12.4. The molecule has 1 aromatic carbocycles. The molecule has 1 heterocycles. The molecule has 0 aliphatic carbocycles. The third kappa shape index (κ3) is 3.84. The Kier molecular flexibility index (Phi) is 5.03. The van der Waals surface area contributed by atoms with E-state index < -0.39 is 10.0 Å². The Bertz CT molecular complexity index is 721. The lowest BCUT2D eigenvalue weighted by Gasteiger charge is -2.10. The highest BCUT2D eigenvalue weighted by molar-refractivity contribution is 7.94. The monoisotopic (exact) mass is 324 g/mol. The van der Waals surface area contributed by atoms with Crippen molar-refractivity contribution >= 4 is 27.0 Å². The molecule has 0 saturated heterocycles. The molecule has 0 bridgehead atoms. The molecule has 0 unspecified atom stereocenters. The van der Waals surface area contributed by atoms with Gasteiger partial charge in [-0.3, -0.25) is 4.72 Å². The molecule has 21 heavy (non-hydrogen) atoms. The minimum atomic E-state index is -3.52. The highest BCUT2D eigenvalue weighted by Crippen LogP contribution is 2.26. The molecule has 4 nitrogen and oxygen atoms in total. The predicted molar refractivity (Wildman–Crippen MR) is 88.4 cm³/mol. The zero-order valence-electron chi connectivity index (χ0n) is 12.4. The Morgan fingerprint density at radius 1 is 1.14 bits per heavy atom. The van der Waals surface area contributed by atoms with Gasteiger partial charge in [0.15, 0.2) is 0 Å². The summed E-state index contributed by atoms with van der Waals surface area (Å²) in [6.45, 7) is 7.46. The predicted octanol–water partition coefficient (Wildman–Crippen LogP) is 3.28. The van der Waals surface area contributed by atoms with Crippen molar-refractivity contribution in [1.82, 2.24) is 5.32 Å². The molecule has 0 fully saturated rings. The van der Waals surface area contributed by atoms with Crippen molar-refractivity contribution in [3.05, 3.63) is 46.3 Å². The van der Waals surface area contributed by atoms with E-state index in [0.717, 1.165) is 22.5 Å². The molecule has 0 aliphatic rings. The summed E-state index contributed by atoms with van der Waals surface area (Å²) in [5, 5.41) is 3.19. The molecule has 2 rings (SSSR count). The van der Waals surface area contributed by atoms with Gasteiger partial charge in [0.25, 0.3) is 10.0 Å². The fourth-order valence-corrected chi connectivity index (χ4v) is 4.35. The van der Waals surface area contributed by atoms with Crippen molar-refractivity contribution in [1.29, 1.82) is 0 Å². The van der Waals surface area contributed by atoms with Gasteiger partial charge in [0.2, 0.25) is 0 Å². The third-order valence-corrected chi connectivity index (χ3v) is 6.24. The lowest BCUT2D eigenvalue weighted by molar-refractivity contribution is 0.603. The number of thiophene rings is 1. The Morgan fingerprint density at radius 3 is 2.62 bits per heavy atom. The zero-order chi connectivity index (χ0) is 15.5. The van der Waals surface area contributed by atoms with Crippen LogP contribution in [-0.2, 0) is 16.6 Å². The van der Waals surface area contributed by atoms with E-state index in [1.165, 1.54) is 11.3 Å². The summed E-state index contributed by atoms with van der Waals surface area (Å²) < 4.78 is 27.9. The van der Waals surface area contributed by atoms with Crippen molar-refractivity contribution in [3.8, 4) is 0 Å². The molecule has 0 amide bonds. The summed E-state index contributed by atoms with van der Waals surface area (Å²) in [5.41, 5.74) is 2.65. The lowest BCUT2D eigenvalue weighted by Crippen LogP contribution is -2.13. The summed E-state index contributed by atoms with van der Waals surface area (Å²) in [4.78, 5) is 1.01. The zero-order valence-corrected chi connectivity index (χ0v) is 14.1. The molecule has 0 saturated carbocycles. The average Bonchev–Trinajstić information content (AvgIpc) is 2.91. The Morgan fingerprint density at radius 2 is 1.90 bits per heavy atom. The largest absolute Gasteiger partial charge is 0.312 e. The van der Waals surface area contributed by atoms with Crippen molar-refractivity contribution in [3.63, 3.8) is 0 Å². The van der Waals surface area contributed by atoms with Crippen LogP contribution in [0.3, 0.4) is 0 Å². The molecule has 2 aromatic rings. The molecule has 0 spiro atoms. The van der Waals surface area contributed by atoms with E-state index in [0.29, 0.717) is 16.4 Å². The maximum absolute atomic E-state index is 12.4. The highest BCUT2D eigenvalue weighted by Gasteiger charge is 2.18. The van der Waals surface area contributed by atoms with Crippen LogP contribution in [0.15, 0.2) is 34.5 Å². The molecule has 0 atom stereocenters. The van der Waals surface area contributed by atoms with E-state index in [9.17, 15) is 8.42 Å². The minimum absolute atomic E-state index is 0.344. The molecular weight excluding hydrogens is 304 g/mol. The first-order valence-electron chi connectivity index (χ1n) is 6.82. The first-order chi connectivity index (χ1) is 9.94. The van der Waals surface area contributed by atoms with Gasteiger partial charge in [-0.1, -0.05) is 19.1 Å². The van der Waals surface area contributed by atoms with Gasteiger partial charge in [-0.15, -0.1) is 11.3 Å². The number of hydrogen-bond donors (Lipinski definition) is 2. The molecule has 114 valence electrons. The van der Waals surface area contributed by atoms with E-state index in [-0.39, 0.29) is 0 Å². The van der Waals surface area contributed by atoms with Crippen LogP contribution < -0.4 is 10.0 Å². The quantitative estimate of drug-likeness (QED) is 0.857. The highest BCUT2D eigenvalue weighted by atomic mass is 32.2. The van der Waals surface area contributed by atoms with Crippen LogP contribution in [0, 0.1) is 13.8 Å². The number of benzene rings is 1. The standard InChI is InChI=1S/C15H20N2O2S2/c1-4-16-10-13-8-9-15(20-13)21(18,19)17-14-7-5-6-11(2)12(14)3/h5-9,16-17H,4,10H2,1-3H3. The summed E-state index contributed by atoms with van der Waals surface area (Å²) in [5.74, 6) is 0. The number of aryl methyl sites for hydroxylation is 1. The lowest BCUT2D eigenvalue weighted by atomic mass is 10.1. The van der Waals surface area contributed by atoms with Gasteiger partial charge < -0.3 is 5.32 Å². The van der Waals surface area contributed by atoms with Crippen LogP contribution >= 0.6 is 11.3 Å². The second kappa shape index (κ2) is 6.60. The van der Waals surface area contributed by atoms with E-state index in [2.05, 4.69) is 10.0 Å². The fourth-order valence-electron chi connectivity index (χ4n) is 1.90. The van der Waals surface area contributed by atoms with Crippen LogP contribution in [0.4, 0.5) is 5.69 Å². The van der Waals surface area contributed by atoms with Gasteiger partial charge in [0.1, 0.15) is 4.21 Å². The molecule has 0 aliphatic heterocycles. The normalized spacial score (nSPS) is 11.6. The van der Waals surface area contributed by atoms with Crippen molar-refractivity contribution in [2.75, 3.05) is 11.3 Å². The van der Waals surface area contributed by atoms with Gasteiger partial charge in [-0.2, -0.15) is 0 Å². The summed E-state index contributed by atoms with van der Waals surface area (Å²) in [6, 6.07) is 9.11. The van der Waals surface area contributed by atoms with Gasteiger partial charge in [-0.25, -0.2) is 8.42 Å². The number of nitrogens with one attached hydrogen (secondary N) is 2. The van der Waals surface area contributed by atoms with E-state index in [1.54, 1.807) is 12.1 Å². The molecular formula is C15H20N2O2S2. The van der Waals surface area contributed by atoms with Gasteiger partial charge in [0.05, 0.1) is 5.69 Å². The third-order valence-electron chi connectivity index (χ3n) is 3.30. The SMILES string of the molecule is CCNCc1ccc(S(=O)(=O)Nc2cccc(C)c2C)s1. The molecule has 6 heteroatoms. The van der Waals surface area contributed by atoms with Crippen molar-refractivity contribution < 1.29 is 8.42 Å². The van der Waals surface area contributed by atoms with Crippen LogP contribution in [0.1, 0.15) is 22.9 Å². The van der Waals surface area contributed by atoms with E-state index in [4.69, 9.17) is 0 Å². The van der Waals surface area contributed by atoms with Crippen LogP contribution in [0.25, 0.3) is 0 Å². The Balaban J connectivity index is 2.22. The first-order valence-corrected chi connectivity index (χ1v) is 9.12. The van der Waals surface area contributed by atoms with E-state index >= 15 is 0 Å². The van der Waals surface area contributed by atoms with E-state index in [1.807, 2.05) is 39.0 Å². The second-order valence-corrected chi connectivity index (χ2v) is 7.93. The summed E-state index contributed by atoms with van der Waals surface area (Å²) >= 11 is 1.30. The maximum Gasteiger partial charge on any atom is 0.271 e. The smallest absolute Gasteiger partial charge is 0.271 e. The van der Waals surface area contributed by atoms with Crippen LogP contribution in [0.2, 0.25) is 0 Å². The van der Waals surface area contributed by atoms with Crippen LogP contribution in [0.5, 0.6) is 0 Å². The molecule has 2 N–H and O–H groups in total. The van der Waals surface area contributed by atoms with Crippen LogP contribution in [-0.4, -0.2) is 15.0 Å².